The third kappa shape index (κ3) is 3.78. The van der Waals surface area contributed by atoms with Crippen LogP contribution < -0.4 is 15.4 Å². The van der Waals surface area contributed by atoms with Crippen LogP contribution in [0, 0.1) is 0 Å². The van der Waals surface area contributed by atoms with E-state index in [9.17, 15) is 9.59 Å². The van der Waals surface area contributed by atoms with Crippen molar-refractivity contribution < 1.29 is 14.3 Å². The van der Waals surface area contributed by atoms with E-state index < -0.39 is 11.9 Å². The lowest BCUT2D eigenvalue weighted by molar-refractivity contribution is -0.115. The summed E-state index contributed by atoms with van der Waals surface area (Å²) in [6.45, 7) is 0.414. The molecule has 0 saturated carbocycles. The number of imide groups is 1. The molecule has 1 fully saturated rings. The van der Waals surface area contributed by atoms with Crippen molar-refractivity contribution in [3.8, 4) is 5.75 Å². The van der Waals surface area contributed by atoms with Crippen molar-refractivity contribution in [2.45, 2.75) is 6.61 Å². The Morgan fingerprint density at radius 2 is 1.83 bits per heavy atom. The van der Waals surface area contributed by atoms with Gasteiger partial charge in [0.1, 0.15) is 18.1 Å². The van der Waals surface area contributed by atoms with Crippen molar-refractivity contribution >= 4 is 33.9 Å². The van der Waals surface area contributed by atoms with E-state index in [0.29, 0.717) is 17.9 Å². The van der Waals surface area contributed by atoms with Gasteiger partial charge in [0.2, 0.25) is 0 Å². The minimum absolute atomic E-state index is 0.192. The van der Waals surface area contributed by atoms with Gasteiger partial charge in [-0.15, -0.1) is 0 Å². The highest BCUT2D eigenvalue weighted by atomic mass is 79.9. The fourth-order valence-corrected chi connectivity index (χ4v) is 2.52. The molecule has 1 saturated heterocycles. The minimum Gasteiger partial charge on any atom is -0.488 e. The summed E-state index contributed by atoms with van der Waals surface area (Å²) in [4.78, 5) is 22.8. The molecule has 1 aliphatic heterocycles. The molecule has 2 N–H and O–H groups in total. The number of hydrogen-bond donors (Lipinski definition) is 2. The van der Waals surface area contributed by atoms with Gasteiger partial charge < -0.3 is 10.1 Å². The molecule has 0 radical (unpaired) electrons. The predicted octanol–water partition coefficient (Wildman–Crippen LogP) is 3.21. The first-order valence-corrected chi connectivity index (χ1v) is 7.71. The van der Waals surface area contributed by atoms with Gasteiger partial charge in [-0.1, -0.05) is 46.3 Å². The molecule has 0 spiro atoms. The van der Waals surface area contributed by atoms with Crippen LogP contribution in [0.1, 0.15) is 11.1 Å². The molecular weight excluding hydrogens is 360 g/mol. The maximum Gasteiger partial charge on any atom is 0.326 e. The van der Waals surface area contributed by atoms with Crippen LogP contribution in [-0.2, 0) is 11.4 Å². The summed E-state index contributed by atoms with van der Waals surface area (Å²) in [6, 6.07) is 14.8. The molecule has 0 aliphatic carbocycles. The van der Waals surface area contributed by atoms with E-state index in [1.165, 1.54) is 0 Å². The molecule has 23 heavy (non-hydrogen) atoms. The number of rotatable bonds is 4. The summed E-state index contributed by atoms with van der Waals surface area (Å²) >= 11 is 3.40. The van der Waals surface area contributed by atoms with Crippen molar-refractivity contribution in [2.75, 3.05) is 0 Å². The summed E-state index contributed by atoms with van der Waals surface area (Å²) in [7, 11) is 0. The Balaban J connectivity index is 1.85. The number of halogens is 1. The monoisotopic (exact) mass is 372 g/mol. The molecule has 3 amide bonds. The van der Waals surface area contributed by atoms with Gasteiger partial charge in [0, 0.05) is 10.0 Å². The highest BCUT2D eigenvalue weighted by molar-refractivity contribution is 9.10. The zero-order valence-electron chi connectivity index (χ0n) is 12.0. The van der Waals surface area contributed by atoms with E-state index in [4.69, 9.17) is 4.74 Å². The molecule has 0 unspecified atom stereocenters. The van der Waals surface area contributed by atoms with Gasteiger partial charge in [0.25, 0.3) is 5.91 Å². The SMILES string of the molecule is O=C1NC(=O)/C(=C/c2cc(Br)ccc2OCc2ccccc2)N1. The molecular formula is C17H13BrN2O3. The molecule has 5 nitrogen and oxygen atoms in total. The van der Waals surface area contributed by atoms with Crippen LogP contribution >= 0.6 is 15.9 Å². The lowest BCUT2D eigenvalue weighted by Gasteiger charge is -2.10. The Morgan fingerprint density at radius 3 is 2.52 bits per heavy atom. The highest BCUT2D eigenvalue weighted by Crippen LogP contribution is 2.26. The molecule has 116 valence electrons. The van der Waals surface area contributed by atoms with Gasteiger partial charge >= 0.3 is 6.03 Å². The van der Waals surface area contributed by atoms with Crippen LogP contribution in [0.5, 0.6) is 5.75 Å². The van der Waals surface area contributed by atoms with Crippen LogP contribution in [0.3, 0.4) is 0 Å². The highest BCUT2D eigenvalue weighted by Gasteiger charge is 2.23. The Morgan fingerprint density at radius 1 is 1.04 bits per heavy atom. The molecule has 1 aliphatic rings. The maximum atomic E-state index is 11.6. The molecule has 2 aromatic carbocycles. The first kappa shape index (κ1) is 15.3. The Bertz CT molecular complexity index is 788. The Kier molecular flexibility index (Phi) is 4.43. The van der Waals surface area contributed by atoms with Crippen molar-refractivity contribution in [1.82, 2.24) is 10.6 Å². The summed E-state index contributed by atoms with van der Waals surface area (Å²) in [6.07, 6.45) is 1.59. The number of carbonyl (C=O) groups is 2. The fraction of sp³-hybridized carbons (Fsp3) is 0.0588. The van der Waals surface area contributed by atoms with Crippen LogP contribution in [0.25, 0.3) is 6.08 Å². The smallest absolute Gasteiger partial charge is 0.326 e. The molecule has 0 bridgehead atoms. The van der Waals surface area contributed by atoms with E-state index in [2.05, 4.69) is 26.6 Å². The predicted molar refractivity (Wildman–Crippen MR) is 89.6 cm³/mol. The minimum atomic E-state index is -0.525. The van der Waals surface area contributed by atoms with Crippen LogP contribution in [0.4, 0.5) is 4.79 Å². The van der Waals surface area contributed by atoms with Crippen LogP contribution in [0.15, 0.2) is 58.7 Å². The quantitative estimate of drug-likeness (QED) is 0.639. The number of benzene rings is 2. The first-order chi connectivity index (χ1) is 11.1. The lowest BCUT2D eigenvalue weighted by Crippen LogP contribution is -2.22. The van der Waals surface area contributed by atoms with Gasteiger partial charge in [0.05, 0.1) is 0 Å². The molecule has 0 atom stereocenters. The second-order valence-corrected chi connectivity index (χ2v) is 5.84. The van der Waals surface area contributed by atoms with E-state index in [1.54, 1.807) is 6.08 Å². The van der Waals surface area contributed by atoms with Gasteiger partial charge in [-0.25, -0.2) is 4.79 Å². The molecule has 0 aromatic heterocycles. The van der Waals surface area contributed by atoms with Crippen LogP contribution in [-0.4, -0.2) is 11.9 Å². The molecule has 1 heterocycles. The Labute approximate surface area is 141 Å². The zero-order chi connectivity index (χ0) is 16.2. The lowest BCUT2D eigenvalue weighted by atomic mass is 10.1. The fourth-order valence-electron chi connectivity index (χ4n) is 2.14. The normalized spacial score (nSPS) is 15.4. The van der Waals surface area contributed by atoms with E-state index in [1.807, 2.05) is 48.5 Å². The molecule has 6 heteroatoms. The number of carbonyl (C=O) groups excluding carboxylic acids is 2. The van der Waals surface area contributed by atoms with Crippen LogP contribution in [0.2, 0.25) is 0 Å². The summed E-state index contributed by atoms with van der Waals surface area (Å²) < 4.78 is 6.69. The standard InChI is InChI=1S/C17H13BrN2O3/c18-13-6-7-15(23-10-11-4-2-1-3-5-11)12(8-13)9-14-16(21)20-17(22)19-14/h1-9H,10H2,(H2,19,20,21,22)/b14-9-. The number of nitrogens with one attached hydrogen (secondary N) is 2. The maximum absolute atomic E-state index is 11.6. The van der Waals surface area contributed by atoms with E-state index >= 15 is 0 Å². The average molecular weight is 373 g/mol. The number of amides is 3. The second kappa shape index (κ2) is 6.66. The van der Waals surface area contributed by atoms with Crippen molar-refractivity contribution in [3.63, 3.8) is 0 Å². The Hall–Kier alpha value is -2.60. The van der Waals surface area contributed by atoms with Gasteiger partial charge in [-0.05, 0) is 29.8 Å². The molecule has 3 rings (SSSR count). The number of hydrogen-bond acceptors (Lipinski definition) is 3. The van der Waals surface area contributed by atoms with E-state index in [0.717, 1.165) is 10.0 Å². The molecule has 2 aromatic rings. The summed E-state index contributed by atoms with van der Waals surface area (Å²) in [5, 5.41) is 4.63. The average Bonchev–Trinajstić information content (AvgIpc) is 2.85. The van der Waals surface area contributed by atoms with Crippen molar-refractivity contribution in [1.29, 1.82) is 0 Å². The van der Waals surface area contributed by atoms with Crippen molar-refractivity contribution in [3.05, 3.63) is 69.8 Å². The summed E-state index contributed by atoms with van der Waals surface area (Å²) in [5.74, 6) is 0.169. The number of ether oxygens (including phenoxy) is 1. The van der Waals surface area contributed by atoms with Gasteiger partial charge in [-0.2, -0.15) is 0 Å². The zero-order valence-corrected chi connectivity index (χ0v) is 13.6. The topological polar surface area (TPSA) is 67.4 Å². The second-order valence-electron chi connectivity index (χ2n) is 4.92. The third-order valence-electron chi connectivity index (χ3n) is 3.23. The van der Waals surface area contributed by atoms with E-state index in [-0.39, 0.29) is 5.70 Å². The number of urea groups is 1. The largest absolute Gasteiger partial charge is 0.488 e. The summed E-state index contributed by atoms with van der Waals surface area (Å²) in [5.41, 5.74) is 1.93. The van der Waals surface area contributed by atoms with Gasteiger partial charge in [-0.3, -0.25) is 10.1 Å². The van der Waals surface area contributed by atoms with Gasteiger partial charge in [0.15, 0.2) is 0 Å². The van der Waals surface area contributed by atoms with Crippen molar-refractivity contribution in [2.24, 2.45) is 0 Å². The first-order valence-electron chi connectivity index (χ1n) is 6.92. The third-order valence-corrected chi connectivity index (χ3v) is 3.72.